The summed E-state index contributed by atoms with van der Waals surface area (Å²) in [4.78, 5) is 13.3. The average Bonchev–Trinajstić information content (AvgIpc) is 1.26. The molecule has 12 unspecified atom stereocenters. The standard InChI is InChI=1S/C76H131NO13/c1-3-5-7-9-11-13-15-17-19-21-23-25-27-29-31-32-34-36-38-40-42-44-46-48-50-52-54-56-58-60-68(81)77-64(63-87-75-73(86)71(84)74(67(62-79)89-75)90-76-72(85)70(83)69(82)66(61-78)88-76)65(80)59-57-55-53-51-49-47-45-43-41-39-37-35-33-30-28-26-24-22-20-18-16-14-12-10-8-6-4-2/h5,7,11,13,17,19,23,25,29,31,34,36,40,42,46,48,57,59,64-67,69-76,78-80,82-86H,3-4,6,8-10,12,14-16,18,20-22,24,26-28,30,32-33,35,37-39,41,43-45,47,49-56,58,60-63H2,1-2H3,(H,77,81)/b7-5-,13-11-,19-17-,25-23-,31-29-,36-34-,42-40-,48-46-,59-57+. The molecule has 0 spiro atoms. The van der Waals surface area contributed by atoms with Crippen molar-refractivity contribution in [3.8, 4) is 0 Å². The Labute approximate surface area is 546 Å². The largest absolute Gasteiger partial charge is 0.394 e. The molecule has 2 saturated heterocycles. The van der Waals surface area contributed by atoms with Crippen LogP contribution in [0.5, 0.6) is 0 Å². The summed E-state index contributed by atoms with van der Waals surface area (Å²) in [6, 6.07) is -0.939. The number of amides is 1. The third-order valence-corrected chi connectivity index (χ3v) is 17.0. The quantitative estimate of drug-likeness (QED) is 0.0204. The van der Waals surface area contributed by atoms with E-state index in [0.717, 1.165) is 96.3 Å². The van der Waals surface area contributed by atoms with E-state index in [-0.39, 0.29) is 18.9 Å². The molecule has 2 rings (SSSR count). The number of unbranched alkanes of at least 4 members (excludes halogenated alkanes) is 29. The van der Waals surface area contributed by atoms with Crippen LogP contribution in [0.25, 0.3) is 0 Å². The summed E-state index contributed by atoms with van der Waals surface area (Å²) < 4.78 is 22.9. The highest BCUT2D eigenvalue weighted by Crippen LogP contribution is 2.30. The minimum absolute atomic E-state index is 0.245. The van der Waals surface area contributed by atoms with Gasteiger partial charge in [-0.1, -0.05) is 290 Å². The molecule has 90 heavy (non-hydrogen) atoms. The first-order valence-corrected chi connectivity index (χ1v) is 36.1. The highest BCUT2D eigenvalue weighted by molar-refractivity contribution is 5.76. The second-order valence-electron chi connectivity index (χ2n) is 25.0. The summed E-state index contributed by atoms with van der Waals surface area (Å²) in [7, 11) is 0. The van der Waals surface area contributed by atoms with Gasteiger partial charge in [0.05, 0.1) is 32.0 Å². The first kappa shape index (κ1) is 82.7. The summed E-state index contributed by atoms with van der Waals surface area (Å²) in [6.07, 6.45) is 68.5. The van der Waals surface area contributed by atoms with Crippen LogP contribution in [0, 0.1) is 0 Å². The van der Waals surface area contributed by atoms with Crippen LogP contribution in [0.3, 0.4) is 0 Å². The predicted molar refractivity (Wildman–Crippen MR) is 369 cm³/mol. The molecule has 0 aromatic rings. The Morgan fingerprint density at radius 2 is 0.767 bits per heavy atom. The molecule has 2 heterocycles. The molecule has 14 heteroatoms. The van der Waals surface area contributed by atoms with Gasteiger partial charge in [-0.15, -0.1) is 0 Å². The number of carbonyl (C=O) groups excluding carboxylic acids is 1. The van der Waals surface area contributed by atoms with Crippen molar-refractivity contribution in [2.24, 2.45) is 0 Å². The Morgan fingerprint density at radius 3 is 1.18 bits per heavy atom. The smallest absolute Gasteiger partial charge is 0.220 e. The van der Waals surface area contributed by atoms with Gasteiger partial charge in [0, 0.05) is 6.42 Å². The number of rotatable bonds is 58. The first-order chi connectivity index (χ1) is 44.1. The minimum Gasteiger partial charge on any atom is -0.394 e. The normalized spacial score (nSPS) is 23.6. The summed E-state index contributed by atoms with van der Waals surface area (Å²) in [5.41, 5.74) is 0. The topological polar surface area (TPSA) is 228 Å². The fourth-order valence-electron chi connectivity index (χ4n) is 11.3. The number of hydrogen-bond donors (Lipinski definition) is 9. The number of carbonyl (C=O) groups is 1. The van der Waals surface area contributed by atoms with Crippen LogP contribution in [0.1, 0.15) is 271 Å². The second kappa shape index (κ2) is 59.4. The fourth-order valence-corrected chi connectivity index (χ4v) is 11.3. The summed E-state index contributed by atoms with van der Waals surface area (Å²) in [5.74, 6) is -0.265. The fraction of sp³-hybridized carbons (Fsp3) is 0.750. The molecule has 0 aromatic heterocycles. The molecular formula is C76H131NO13. The van der Waals surface area contributed by atoms with Gasteiger partial charge >= 0.3 is 0 Å². The van der Waals surface area contributed by atoms with Gasteiger partial charge in [-0.3, -0.25) is 4.79 Å². The van der Waals surface area contributed by atoms with Gasteiger partial charge in [0.25, 0.3) is 0 Å². The Balaban J connectivity index is 1.71. The summed E-state index contributed by atoms with van der Waals surface area (Å²) >= 11 is 0. The van der Waals surface area contributed by atoms with Crippen molar-refractivity contribution in [3.05, 3.63) is 109 Å². The molecule has 9 N–H and O–H groups in total. The van der Waals surface area contributed by atoms with Crippen molar-refractivity contribution < 1.29 is 64.6 Å². The van der Waals surface area contributed by atoms with Crippen LogP contribution >= 0.6 is 0 Å². The van der Waals surface area contributed by atoms with Gasteiger partial charge in [-0.25, -0.2) is 0 Å². The maximum absolute atomic E-state index is 13.3. The van der Waals surface area contributed by atoms with Gasteiger partial charge in [0.15, 0.2) is 12.6 Å². The zero-order chi connectivity index (χ0) is 65.2. The lowest BCUT2D eigenvalue weighted by molar-refractivity contribution is -0.359. The zero-order valence-electron chi connectivity index (χ0n) is 56.3. The Hall–Kier alpha value is -3.35. The van der Waals surface area contributed by atoms with Crippen LogP contribution in [0.4, 0.5) is 0 Å². The molecule has 0 aliphatic carbocycles. The third-order valence-electron chi connectivity index (χ3n) is 17.0. The molecule has 0 radical (unpaired) electrons. The molecule has 14 nitrogen and oxygen atoms in total. The number of hydrogen-bond acceptors (Lipinski definition) is 13. The summed E-state index contributed by atoms with van der Waals surface area (Å²) in [5, 5.41) is 87.5. The van der Waals surface area contributed by atoms with E-state index in [1.165, 1.54) is 148 Å². The van der Waals surface area contributed by atoms with Crippen molar-refractivity contribution >= 4 is 5.91 Å². The van der Waals surface area contributed by atoms with E-state index >= 15 is 0 Å². The average molecular weight is 1270 g/mol. The van der Waals surface area contributed by atoms with E-state index in [4.69, 9.17) is 18.9 Å². The number of allylic oxidation sites excluding steroid dienone is 17. The van der Waals surface area contributed by atoms with Crippen LogP contribution in [0.15, 0.2) is 109 Å². The monoisotopic (exact) mass is 1270 g/mol. The molecule has 2 aliphatic heterocycles. The second-order valence-corrected chi connectivity index (χ2v) is 25.0. The van der Waals surface area contributed by atoms with E-state index in [9.17, 15) is 45.6 Å². The molecule has 12 atom stereocenters. The molecule has 0 bridgehead atoms. The van der Waals surface area contributed by atoms with Crippen LogP contribution < -0.4 is 5.32 Å². The summed E-state index contributed by atoms with van der Waals surface area (Å²) in [6.45, 7) is 2.69. The first-order valence-electron chi connectivity index (χ1n) is 36.1. The zero-order valence-corrected chi connectivity index (χ0v) is 56.3. The van der Waals surface area contributed by atoms with Gasteiger partial charge in [-0.2, -0.15) is 0 Å². The van der Waals surface area contributed by atoms with Gasteiger partial charge in [-0.05, 0) is 83.5 Å². The molecule has 2 fully saturated rings. The number of aliphatic hydroxyl groups excluding tert-OH is 8. The van der Waals surface area contributed by atoms with Crippen molar-refractivity contribution in [3.63, 3.8) is 0 Å². The van der Waals surface area contributed by atoms with E-state index in [0.29, 0.717) is 6.42 Å². The molecule has 2 aliphatic rings. The van der Waals surface area contributed by atoms with E-state index in [1.54, 1.807) is 6.08 Å². The van der Waals surface area contributed by atoms with Crippen LogP contribution in [-0.4, -0.2) is 140 Å². The highest BCUT2D eigenvalue weighted by Gasteiger charge is 2.51. The molecule has 0 saturated carbocycles. The number of nitrogens with one attached hydrogen (secondary N) is 1. The lowest BCUT2D eigenvalue weighted by Crippen LogP contribution is -2.65. The lowest BCUT2D eigenvalue weighted by atomic mass is 9.97. The molecule has 1 amide bonds. The number of ether oxygens (including phenoxy) is 4. The van der Waals surface area contributed by atoms with E-state index in [1.807, 2.05) is 6.08 Å². The maximum Gasteiger partial charge on any atom is 0.220 e. The molecule has 518 valence electrons. The van der Waals surface area contributed by atoms with Gasteiger partial charge < -0.3 is 65.1 Å². The third kappa shape index (κ3) is 42.8. The Kier molecular flexibility index (Phi) is 54.6. The van der Waals surface area contributed by atoms with Crippen LogP contribution in [0.2, 0.25) is 0 Å². The van der Waals surface area contributed by atoms with Crippen molar-refractivity contribution in [2.45, 2.75) is 344 Å². The molecule has 0 aromatic carbocycles. The van der Waals surface area contributed by atoms with Gasteiger partial charge in [0.2, 0.25) is 5.91 Å². The van der Waals surface area contributed by atoms with E-state index < -0.39 is 86.8 Å². The highest BCUT2D eigenvalue weighted by atomic mass is 16.7. The predicted octanol–water partition coefficient (Wildman–Crippen LogP) is 15.1. The SMILES string of the molecule is CC/C=C\C/C=C\C/C=C\C/C=C\C/C=C\C/C=C\C/C=C\C/C=C\CCCCCCC(=O)NC(COC1OC(CO)C(OC2OC(CO)C(O)C(O)C2O)C(O)C1O)C(O)/C=C/CCCCCCCCCCCCCCCCCCCCCCCCCCC. The Bertz CT molecular complexity index is 1930. The van der Waals surface area contributed by atoms with Crippen LogP contribution in [-0.2, 0) is 23.7 Å². The Morgan fingerprint density at radius 1 is 0.411 bits per heavy atom. The number of aliphatic hydroxyl groups is 8. The van der Waals surface area contributed by atoms with Crippen molar-refractivity contribution in [2.75, 3.05) is 19.8 Å². The lowest BCUT2D eigenvalue weighted by Gasteiger charge is -2.46. The van der Waals surface area contributed by atoms with Gasteiger partial charge in [0.1, 0.15) is 48.8 Å². The van der Waals surface area contributed by atoms with Crippen molar-refractivity contribution in [1.29, 1.82) is 0 Å². The van der Waals surface area contributed by atoms with E-state index in [2.05, 4.69) is 116 Å². The van der Waals surface area contributed by atoms with Crippen molar-refractivity contribution in [1.82, 2.24) is 5.32 Å². The maximum atomic E-state index is 13.3. The minimum atomic E-state index is -1.80. The molecular weight excluding hydrogens is 1130 g/mol.